The van der Waals surface area contributed by atoms with Gasteiger partial charge in [-0.3, -0.25) is 9.59 Å². The molecule has 7 nitrogen and oxygen atoms in total. The van der Waals surface area contributed by atoms with Gasteiger partial charge in [0, 0.05) is 25.1 Å². The average molecular weight is 418 g/mol. The summed E-state index contributed by atoms with van der Waals surface area (Å²) in [5.41, 5.74) is 2.80. The monoisotopic (exact) mass is 418 g/mol. The van der Waals surface area contributed by atoms with E-state index < -0.39 is 5.92 Å². The molecule has 1 atom stereocenters. The standard InChI is InChI=1S/C24H26N4O3/c1-2-31-16-9-6-8-15(14-16)19-20-17(10-7-11-18(20)29)25-22-21(19)23(30)27-24(26-22)28-12-4-3-5-13-28/h6,8-9,14,21H,2-5,7,10-13H2,1H3. The summed E-state index contributed by atoms with van der Waals surface area (Å²) in [5, 5.41) is 0. The number of Topliss-reactive ketones (excluding diaryl/α,β-unsaturated/α-hetero) is 1. The van der Waals surface area contributed by atoms with Crippen LogP contribution in [-0.2, 0) is 9.59 Å². The molecule has 4 aliphatic rings. The van der Waals surface area contributed by atoms with Crippen LogP contribution in [0.1, 0.15) is 51.0 Å². The molecule has 0 radical (unpaired) electrons. The van der Waals surface area contributed by atoms with E-state index in [0.717, 1.165) is 43.6 Å². The van der Waals surface area contributed by atoms with Crippen molar-refractivity contribution in [2.45, 2.75) is 45.4 Å². The zero-order chi connectivity index (χ0) is 21.4. The Balaban J connectivity index is 1.62. The van der Waals surface area contributed by atoms with E-state index in [9.17, 15) is 9.59 Å². The average Bonchev–Trinajstić information content (AvgIpc) is 2.79. The third-order valence-corrected chi connectivity index (χ3v) is 6.22. The van der Waals surface area contributed by atoms with Crippen LogP contribution in [0.25, 0.3) is 5.57 Å². The maximum absolute atomic E-state index is 13.3. The highest BCUT2D eigenvalue weighted by molar-refractivity contribution is 6.37. The van der Waals surface area contributed by atoms with E-state index in [-0.39, 0.29) is 11.7 Å². The van der Waals surface area contributed by atoms with E-state index in [2.05, 4.69) is 9.89 Å². The number of ether oxygens (including phenoxy) is 1. The van der Waals surface area contributed by atoms with Gasteiger partial charge in [0.1, 0.15) is 17.5 Å². The summed E-state index contributed by atoms with van der Waals surface area (Å²) in [6, 6.07) is 7.58. The Morgan fingerprint density at radius 3 is 2.68 bits per heavy atom. The third kappa shape index (κ3) is 3.62. The van der Waals surface area contributed by atoms with Crippen molar-refractivity contribution in [1.82, 2.24) is 4.90 Å². The molecular weight excluding hydrogens is 392 g/mol. The number of carbonyl (C=O) groups is 2. The van der Waals surface area contributed by atoms with E-state index in [1.165, 1.54) is 6.42 Å². The lowest BCUT2D eigenvalue weighted by atomic mass is 9.77. The fraction of sp³-hybridized carbons (Fsp3) is 0.458. The molecule has 0 aromatic heterocycles. The number of nitrogens with zero attached hydrogens (tertiary/aromatic N) is 4. The summed E-state index contributed by atoms with van der Waals surface area (Å²) >= 11 is 0. The molecule has 1 aromatic carbocycles. The Bertz CT molecular complexity index is 1060. The van der Waals surface area contributed by atoms with Gasteiger partial charge in [0.15, 0.2) is 5.78 Å². The van der Waals surface area contributed by atoms with Crippen molar-refractivity contribution < 1.29 is 14.3 Å². The molecule has 3 heterocycles. The van der Waals surface area contributed by atoms with Crippen LogP contribution >= 0.6 is 0 Å². The van der Waals surface area contributed by atoms with Crippen LogP contribution in [0.3, 0.4) is 0 Å². The largest absolute Gasteiger partial charge is 0.494 e. The maximum Gasteiger partial charge on any atom is 0.264 e. The normalized spacial score (nSPS) is 23.6. The summed E-state index contributed by atoms with van der Waals surface area (Å²) in [5.74, 6) is 0.639. The highest BCUT2D eigenvalue weighted by Gasteiger charge is 2.42. The number of dihydropyridines is 1. The van der Waals surface area contributed by atoms with Crippen molar-refractivity contribution in [2.75, 3.05) is 19.7 Å². The SMILES string of the molecule is CCOc1cccc(C2=C3C(=O)CCCC3=NC3=NC(N4CCCCC4)=NC(=O)C32)c1. The lowest BCUT2D eigenvalue weighted by Gasteiger charge is -2.33. The van der Waals surface area contributed by atoms with Crippen molar-refractivity contribution in [3.8, 4) is 5.75 Å². The lowest BCUT2D eigenvalue weighted by molar-refractivity contribution is -0.118. The Kier molecular flexibility index (Phi) is 5.26. The molecule has 1 saturated heterocycles. The number of aliphatic imine (C=N–C) groups is 3. The number of amides is 1. The Morgan fingerprint density at radius 2 is 1.87 bits per heavy atom. The first-order valence-electron chi connectivity index (χ1n) is 11.2. The number of hydrogen-bond acceptors (Lipinski definition) is 6. The predicted molar refractivity (Wildman–Crippen MR) is 120 cm³/mol. The maximum atomic E-state index is 13.3. The molecular formula is C24H26N4O3. The zero-order valence-electron chi connectivity index (χ0n) is 17.8. The molecule has 160 valence electrons. The number of ketones is 1. The molecule has 7 heteroatoms. The number of piperidine rings is 1. The van der Waals surface area contributed by atoms with Crippen LogP contribution in [0.5, 0.6) is 5.75 Å². The Labute approximate surface area is 181 Å². The van der Waals surface area contributed by atoms with E-state index in [1.807, 2.05) is 31.2 Å². The van der Waals surface area contributed by atoms with E-state index in [0.29, 0.717) is 48.1 Å². The molecule has 3 aliphatic heterocycles. The molecule has 1 saturated carbocycles. The van der Waals surface area contributed by atoms with Gasteiger partial charge < -0.3 is 9.64 Å². The number of allylic oxidation sites excluding steroid dienone is 1. The quantitative estimate of drug-likeness (QED) is 0.753. The van der Waals surface area contributed by atoms with Gasteiger partial charge in [0.05, 0.1) is 12.3 Å². The van der Waals surface area contributed by atoms with Crippen molar-refractivity contribution in [2.24, 2.45) is 20.9 Å². The molecule has 1 aliphatic carbocycles. The van der Waals surface area contributed by atoms with Crippen LogP contribution < -0.4 is 4.74 Å². The number of amidine groups is 1. The van der Waals surface area contributed by atoms with Crippen LogP contribution in [0.2, 0.25) is 0 Å². The van der Waals surface area contributed by atoms with Gasteiger partial charge in [-0.1, -0.05) is 12.1 Å². The molecule has 1 aromatic rings. The predicted octanol–water partition coefficient (Wildman–Crippen LogP) is 3.44. The molecule has 31 heavy (non-hydrogen) atoms. The van der Waals surface area contributed by atoms with Crippen molar-refractivity contribution in [3.63, 3.8) is 0 Å². The smallest absolute Gasteiger partial charge is 0.264 e. The van der Waals surface area contributed by atoms with Crippen LogP contribution in [0.15, 0.2) is 44.8 Å². The molecule has 0 spiro atoms. The zero-order valence-corrected chi connectivity index (χ0v) is 17.8. The Morgan fingerprint density at radius 1 is 1.03 bits per heavy atom. The number of hydrogen-bond donors (Lipinski definition) is 0. The number of carbonyl (C=O) groups excluding carboxylic acids is 2. The fourth-order valence-corrected chi connectivity index (χ4v) is 4.80. The summed E-state index contributed by atoms with van der Waals surface area (Å²) in [6.07, 6.45) is 5.29. The molecule has 1 unspecified atom stereocenters. The number of fused-ring (bicyclic) bond motifs is 2. The van der Waals surface area contributed by atoms with Gasteiger partial charge in [-0.25, -0.2) is 4.99 Å². The molecule has 5 rings (SSSR count). The minimum Gasteiger partial charge on any atom is -0.494 e. The second-order valence-electron chi connectivity index (χ2n) is 8.29. The van der Waals surface area contributed by atoms with Crippen LogP contribution in [0, 0.1) is 5.92 Å². The minimum atomic E-state index is -0.744. The highest BCUT2D eigenvalue weighted by Crippen LogP contribution is 2.39. The van der Waals surface area contributed by atoms with E-state index in [4.69, 9.17) is 14.7 Å². The van der Waals surface area contributed by atoms with Crippen molar-refractivity contribution in [1.29, 1.82) is 0 Å². The van der Waals surface area contributed by atoms with Gasteiger partial charge in [0.2, 0.25) is 5.96 Å². The first-order valence-corrected chi connectivity index (χ1v) is 11.2. The second-order valence-corrected chi connectivity index (χ2v) is 8.29. The van der Waals surface area contributed by atoms with Crippen LogP contribution in [0.4, 0.5) is 0 Å². The lowest BCUT2D eigenvalue weighted by Crippen LogP contribution is -2.42. The Hall–Kier alpha value is -3.09. The molecule has 2 fully saturated rings. The van der Waals surface area contributed by atoms with Gasteiger partial charge in [0.25, 0.3) is 5.91 Å². The topological polar surface area (TPSA) is 83.7 Å². The summed E-state index contributed by atoms with van der Waals surface area (Å²) in [4.78, 5) is 42.2. The van der Waals surface area contributed by atoms with Gasteiger partial charge in [-0.15, -0.1) is 0 Å². The summed E-state index contributed by atoms with van der Waals surface area (Å²) in [7, 11) is 0. The first-order chi connectivity index (χ1) is 15.2. The third-order valence-electron chi connectivity index (χ3n) is 6.22. The van der Waals surface area contributed by atoms with E-state index in [1.54, 1.807) is 0 Å². The highest BCUT2D eigenvalue weighted by atomic mass is 16.5. The summed E-state index contributed by atoms with van der Waals surface area (Å²) in [6.45, 7) is 4.18. The number of guanidine groups is 1. The van der Waals surface area contributed by atoms with Gasteiger partial charge in [-0.05, 0) is 62.3 Å². The van der Waals surface area contributed by atoms with Crippen molar-refractivity contribution in [3.05, 3.63) is 35.4 Å². The summed E-state index contributed by atoms with van der Waals surface area (Å²) < 4.78 is 5.67. The molecule has 1 amide bonds. The van der Waals surface area contributed by atoms with Gasteiger partial charge in [-0.2, -0.15) is 9.98 Å². The minimum absolute atomic E-state index is 0.0412. The molecule has 0 bridgehead atoms. The number of benzene rings is 1. The molecule has 0 N–H and O–H groups in total. The first kappa shape index (κ1) is 19.8. The fourth-order valence-electron chi connectivity index (χ4n) is 4.80. The second kappa shape index (κ2) is 8.21. The van der Waals surface area contributed by atoms with Gasteiger partial charge >= 0.3 is 0 Å². The van der Waals surface area contributed by atoms with E-state index >= 15 is 0 Å². The number of likely N-dealkylation sites (tertiary alicyclic amines) is 1. The number of rotatable bonds is 3. The van der Waals surface area contributed by atoms with Crippen LogP contribution in [-0.4, -0.2) is 53.8 Å². The van der Waals surface area contributed by atoms with Crippen molar-refractivity contribution >= 4 is 34.8 Å².